The van der Waals surface area contributed by atoms with Crippen LogP contribution in [0.15, 0.2) is 48.5 Å². The Morgan fingerprint density at radius 1 is 0.909 bits per heavy atom. The van der Waals surface area contributed by atoms with Gasteiger partial charge in [0.05, 0.1) is 16.1 Å². The molecule has 0 amide bonds. The molecule has 3 N–H and O–H groups in total. The summed E-state index contributed by atoms with van der Waals surface area (Å²) >= 11 is 0. The lowest BCUT2D eigenvalue weighted by molar-refractivity contribution is -0.385. The van der Waals surface area contributed by atoms with E-state index in [-0.39, 0.29) is 5.56 Å². The third-order valence-corrected chi connectivity index (χ3v) is 2.44. The number of aromatic hydroxyl groups is 1. The summed E-state index contributed by atoms with van der Waals surface area (Å²) in [5.41, 5.74) is -0.512. The Morgan fingerprint density at radius 2 is 1.45 bits per heavy atom. The standard InChI is InChI=1S/C7H5NO5.C7H6O2/c9-6-2-1-4(7(10)11)3-5(6)8(12)13;8-7(9)6-4-2-1-3-5-6/h1-3,9H,(H,10,11);1-5H,(H,8,9). The molecule has 2 rings (SSSR count). The molecule has 8 nitrogen and oxygen atoms in total. The van der Waals surface area contributed by atoms with Crippen molar-refractivity contribution in [1.29, 1.82) is 0 Å². The summed E-state index contributed by atoms with van der Waals surface area (Å²) in [4.78, 5) is 30.0. The molecule has 0 bridgehead atoms. The van der Waals surface area contributed by atoms with E-state index in [1.807, 2.05) is 0 Å². The number of phenols is 1. The summed E-state index contributed by atoms with van der Waals surface area (Å²) < 4.78 is 0. The van der Waals surface area contributed by atoms with Crippen LogP contribution in [-0.4, -0.2) is 32.2 Å². The molecule has 2 aromatic rings. The van der Waals surface area contributed by atoms with Gasteiger partial charge in [-0.25, -0.2) is 9.59 Å². The Balaban J connectivity index is 0.000000235. The van der Waals surface area contributed by atoms with Gasteiger partial charge in [-0.15, -0.1) is 0 Å². The van der Waals surface area contributed by atoms with Gasteiger partial charge in [-0.05, 0) is 24.3 Å². The highest BCUT2D eigenvalue weighted by atomic mass is 16.6. The third kappa shape index (κ3) is 4.60. The van der Waals surface area contributed by atoms with Gasteiger partial charge in [-0.2, -0.15) is 0 Å². The molecule has 0 radical (unpaired) electrons. The number of hydrogen-bond acceptors (Lipinski definition) is 5. The van der Waals surface area contributed by atoms with Crippen LogP contribution in [0.1, 0.15) is 20.7 Å². The van der Waals surface area contributed by atoms with E-state index in [1.165, 1.54) is 0 Å². The van der Waals surface area contributed by atoms with E-state index in [0.717, 1.165) is 18.2 Å². The predicted octanol–water partition coefficient (Wildman–Crippen LogP) is 2.38. The van der Waals surface area contributed by atoms with E-state index < -0.39 is 28.3 Å². The quantitative estimate of drug-likeness (QED) is 0.584. The number of nitro benzene ring substituents is 1. The molecule has 2 aromatic carbocycles. The first kappa shape index (κ1) is 16.6. The van der Waals surface area contributed by atoms with E-state index >= 15 is 0 Å². The molecule has 0 aliphatic rings. The number of carboxylic acid groups (broad SMARTS) is 2. The maximum atomic E-state index is 10.4. The molecule has 0 heterocycles. The summed E-state index contributed by atoms with van der Waals surface area (Å²) in [6, 6.07) is 11.2. The van der Waals surface area contributed by atoms with E-state index in [1.54, 1.807) is 30.3 Å². The average Bonchev–Trinajstić information content (AvgIpc) is 2.48. The molecule has 0 spiro atoms. The molecule has 8 heteroatoms. The summed E-state index contributed by atoms with van der Waals surface area (Å²) in [5.74, 6) is -2.70. The number of carbonyl (C=O) groups is 2. The number of aromatic carboxylic acids is 2. The molecule has 0 fully saturated rings. The summed E-state index contributed by atoms with van der Waals surface area (Å²) in [6.45, 7) is 0. The van der Waals surface area contributed by atoms with E-state index in [9.17, 15) is 19.7 Å². The topological polar surface area (TPSA) is 138 Å². The Hall–Kier alpha value is -3.42. The predicted molar refractivity (Wildman–Crippen MR) is 75.1 cm³/mol. The second kappa shape index (κ2) is 7.39. The van der Waals surface area contributed by atoms with Crippen LogP contribution in [0.5, 0.6) is 5.75 Å². The minimum absolute atomic E-state index is 0.232. The fraction of sp³-hybridized carbons (Fsp3) is 0. The van der Waals surface area contributed by atoms with Crippen LogP contribution in [0.4, 0.5) is 5.69 Å². The highest BCUT2D eigenvalue weighted by Gasteiger charge is 2.15. The van der Waals surface area contributed by atoms with Gasteiger partial charge in [0.25, 0.3) is 0 Å². The zero-order chi connectivity index (χ0) is 16.7. The van der Waals surface area contributed by atoms with Gasteiger partial charge < -0.3 is 15.3 Å². The van der Waals surface area contributed by atoms with E-state index in [2.05, 4.69) is 0 Å². The first-order valence-electron chi connectivity index (χ1n) is 5.82. The highest BCUT2D eigenvalue weighted by molar-refractivity contribution is 5.89. The molecular weight excluding hydrogens is 294 g/mol. The molecule has 0 aliphatic heterocycles. The maximum Gasteiger partial charge on any atom is 0.335 e. The van der Waals surface area contributed by atoms with E-state index in [0.29, 0.717) is 5.56 Å². The first-order chi connectivity index (χ1) is 10.3. The van der Waals surface area contributed by atoms with Crippen molar-refractivity contribution in [2.75, 3.05) is 0 Å². The van der Waals surface area contributed by atoms with Gasteiger partial charge in [-0.3, -0.25) is 10.1 Å². The lowest BCUT2D eigenvalue weighted by Crippen LogP contribution is -1.97. The second-order valence-corrected chi connectivity index (χ2v) is 3.94. The fourth-order valence-electron chi connectivity index (χ4n) is 1.38. The molecule has 0 aromatic heterocycles. The Bertz CT molecular complexity index is 698. The van der Waals surface area contributed by atoms with Gasteiger partial charge in [0.15, 0.2) is 5.75 Å². The van der Waals surface area contributed by atoms with Crippen LogP contribution in [-0.2, 0) is 0 Å². The van der Waals surface area contributed by atoms with Crippen LogP contribution < -0.4 is 0 Å². The largest absolute Gasteiger partial charge is 0.502 e. The van der Waals surface area contributed by atoms with Gasteiger partial charge in [0, 0.05) is 6.07 Å². The van der Waals surface area contributed by atoms with Crippen molar-refractivity contribution >= 4 is 17.6 Å². The third-order valence-electron chi connectivity index (χ3n) is 2.44. The fourth-order valence-corrected chi connectivity index (χ4v) is 1.38. The maximum absolute atomic E-state index is 10.4. The Labute approximate surface area is 124 Å². The van der Waals surface area contributed by atoms with Crippen molar-refractivity contribution in [2.24, 2.45) is 0 Å². The number of hydrogen-bond donors (Lipinski definition) is 3. The number of phenolic OH excluding ortho intramolecular Hbond substituents is 1. The summed E-state index contributed by atoms with van der Waals surface area (Å²) in [6.07, 6.45) is 0. The number of carboxylic acids is 2. The van der Waals surface area contributed by atoms with Gasteiger partial charge in [0.1, 0.15) is 0 Å². The molecule has 0 aliphatic carbocycles. The molecule has 0 unspecified atom stereocenters. The normalized spacial score (nSPS) is 9.27. The van der Waals surface area contributed by atoms with Crippen LogP contribution in [0, 0.1) is 10.1 Å². The van der Waals surface area contributed by atoms with Gasteiger partial charge >= 0.3 is 17.6 Å². The van der Waals surface area contributed by atoms with Crippen molar-refractivity contribution in [3.63, 3.8) is 0 Å². The molecular formula is C14H11NO7. The molecule has 114 valence electrons. The van der Waals surface area contributed by atoms with Crippen molar-refractivity contribution in [2.45, 2.75) is 0 Å². The molecule has 22 heavy (non-hydrogen) atoms. The smallest absolute Gasteiger partial charge is 0.335 e. The number of nitrogens with zero attached hydrogens (tertiary/aromatic N) is 1. The highest BCUT2D eigenvalue weighted by Crippen LogP contribution is 2.25. The van der Waals surface area contributed by atoms with Gasteiger partial charge in [-0.1, -0.05) is 18.2 Å². The number of rotatable bonds is 3. The number of nitro groups is 1. The summed E-state index contributed by atoms with van der Waals surface area (Å²) in [7, 11) is 0. The Morgan fingerprint density at radius 3 is 1.86 bits per heavy atom. The lowest BCUT2D eigenvalue weighted by Gasteiger charge is -1.96. The summed E-state index contributed by atoms with van der Waals surface area (Å²) in [5, 5.41) is 36.1. The minimum Gasteiger partial charge on any atom is -0.502 e. The van der Waals surface area contributed by atoms with Gasteiger partial charge in [0.2, 0.25) is 0 Å². The van der Waals surface area contributed by atoms with E-state index in [4.69, 9.17) is 15.3 Å². The van der Waals surface area contributed by atoms with Crippen molar-refractivity contribution < 1.29 is 29.8 Å². The van der Waals surface area contributed by atoms with Crippen LogP contribution in [0.3, 0.4) is 0 Å². The zero-order valence-corrected chi connectivity index (χ0v) is 11.0. The van der Waals surface area contributed by atoms with Crippen molar-refractivity contribution in [3.8, 4) is 5.75 Å². The Kier molecular flexibility index (Phi) is 5.58. The van der Waals surface area contributed by atoms with Crippen molar-refractivity contribution in [1.82, 2.24) is 0 Å². The lowest BCUT2D eigenvalue weighted by atomic mass is 10.2. The zero-order valence-electron chi connectivity index (χ0n) is 11.0. The van der Waals surface area contributed by atoms with Crippen LogP contribution in [0.25, 0.3) is 0 Å². The molecule has 0 saturated carbocycles. The number of benzene rings is 2. The first-order valence-corrected chi connectivity index (χ1v) is 5.82. The molecule has 0 saturated heterocycles. The van der Waals surface area contributed by atoms with Crippen LogP contribution in [0.2, 0.25) is 0 Å². The monoisotopic (exact) mass is 305 g/mol. The van der Waals surface area contributed by atoms with Crippen molar-refractivity contribution in [3.05, 3.63) is 69.8 Å². The van der Waals surface area contributed by atoms with Crippen LogP contribution >= 0.6 is 0 Å². The minimum atomic E-state index is -1.27. The average molecular weight is 305 g/mol. The second-order valence-electron chi connectivity index (χ2n) is 3.94. The SMILES string of the molecule is O=C(O)c1ccc(O)c([N+](=O)[O-])c1.O=C(O)c1ccccc1. The molecule has 0 atom stereocenters.